The Kier molecular flexibility index (Phi) is 6.41. The maximum absolute atomic E-state index is 6.24. The molecule has 0 radical (unpaired) electrons. The topological polar surface area (TPSA) is 29.0 Å². The predicted octanol–water partition coefficient (Wildman–Crippen LogP) is 4.15. The molecule has 1 rings (SSSR count). The van der Waals surface area contributed by atoms with Crippen LogP contribution in [-0.2, 0) is 0 Å². The average Bonchev–Trinajstić information content (AvgIpc) is 2.35. The van der Waals surface area contributed by atoms with Crippen LogP contribution in [0.15, 0.2) is 0 Å². The minimum absolute atomic E-state index is 0.533. The van der Waals surface area contributed by atoms with Gasteiger partial charge in [-0.1, -0.05) is 38.3 Å². The monoisotopic (exact) mass is 269 g/mol. The van der Waals surface area contributed by atoms with E-state index in [0.29, 0.717) is 5.15 Å². The van der Waals surface area contributed by atoms with E-state index in [4.69, 9.17) is 11.6 Å². The number of rotatable bonds is 7. The summed E-state index contributed by atoms with van der Waals surface area (Å²) < 4.78 is 0. The fourth-order valence-electron chi connectivity index (χ4n) is 1.79. The van der Waals surface area contributed by atoms with Crippen LogP contribution in [0.5, 0.6) is 0 Å². The molecule has 0 fully saturated rings. The van der Waals surface area contributed by atoms with Crippen LogP contribution in [-0.4, -0.2) is 23.1 Å². The number of aryl methyl sites for hydroxylation is 2. The summed E-state index contributed by atoms with van der Waals surface area (Å²) in [6, 6.07) is 0. The van der Waals surface area contributed by atoms with E-state index in [1.807, 2.05) is 13.8 Å². The third kappa shape index (κ3) is 4.13. The number of halogens is 1. The molecule has 0 aliphatic carbocycles. The Labute approximate surface area is 116 Å². The zero-order valence-corrected chi connectivity index (χ0v) is 12.7. The van der Waals surface area contributed by atoms with Gasteiger partial charge in [0, 0.05) is 13.1 Å². The highest BCUT2D eigenvalue weighted by atomic mass is 35.5. The molecule has 3 nitrogen and oxygen atoms in total. The van der Waals surface area contributed by atoms with Gasteiger partial charge in [-0.15, -0.1) is 0 Å². The van der Waals surface area contributed by atoms with Crippen LogP contribution in [0.25, 0.3) is 0 Å². The molecule has 0 amide bonds. The lowest BCUT2D eigenvalue weighted by atomic mass is 10.2. The Morgan fingerprint density at radius 1 is 0.944 bits per heavy atom. The Morgan fingerprint density at radius 2 is 1.44 bits per heavy atom. The second-order valence-corrected chi connectivity index (χ2v) is 5.06. The van der Waals surface area contributed by atoms with Crippen LogP contribution in [0, 0.1) is 13.8 Å². The van der Waals surface area contributed by atoms with E-state index in [1.165, 1.54) is 12.8 Å². The predicted molar refractivity (Wildman–Crippen MR) is 78.5 cm³/mol. The molecule has 0 N–H and O–H groups in total. The standard InChI is InChI=1S/C14H24ClN3/c1-5-7-9-18(10-8-6-2)14-13(15)16-11(3)12(4)17-14/h5-10H2,1-4H3. The first kappa shape index (κ1) is 15.2. The molecule has 1 aromatic rings. The van der Waals surface area contributed by atoms with Crippen molar-refractivity contribution in [2.24, 2.45) is 0 Å². The van der Waals surface area contributed by atoms with Crippen molar-refractivity contribution >= 4 is 17.4 Å². The third-order valence-corrected chi connectivity index (χ3v) is 3.36. The lowest BCUT2D eigenvalue weighted by Crippen LogP contribution is -2.27. The summed E-state index contributed by atoms with van der Waals surface area (Å²) >= 11 is 6.24. The molecule has 0 bridgehead atoms. The Morgan fingerprint density at radius 3 is 1.94 bits per heavy atom. The second-order valence-electron chi connectivity index (χ2n) is 4.70. The van der Waals surface area contributed by atoms with Gasteiger partial charge in [0.05, 0.1) is 11.4 Å². The van der Waals surface area contributed by atoms with Crippen molar-refractivity contribution in [1.29, 1.82) is 0 Å². The van der Waals surface area contributed by atoms with Crippen LogP contribution < -0.4 is 4.90 Å². The van der Waals surface area contributed by atoms with Crippen molar-refractivity contribution in [2.45, 2.75) is 53.4 Å². The SMILES string of the molecule is CCCCN(CCCC)c1nc(C)c(C)nc1Cl. The number of hydrogen-bond donors (Lipinski definition) is 0. The van der Waals surface area contributed by atoms with Crippen LogP contribution in [0.2, 0.25) is 5.15 Å². The lowest BCUT2D eigenvalue weighted by Gasteiger charge is -2.24. The summed E-state index contributed by atoms with van der Waals surface area (Å²) in [5.41, 5.74) is 1.88. The van der Waals surface area contributed by atoms with Gasteiger partial charge in [0.15, 0.2) is 11.0 Å². The quantitative estimate of drug-likeness (QED) is 0.744. The minimum atomic E-state index is 0.533. The van der Waals surface area contributed by atoms with Gasteiger partial charge in [-0.2, -0.15) is 0 Å². The fourth-order valence-corrected chi connectivity index (χ4v) is 2.08. The van der Waals surface area contributed by atoms with Gasteiger partial charge >= 0.3 is 0 Å². The third-order valence-electron chi connectivity index (χ3n) is 3.11. The Bertz CT molecular complexity index is 372. The smallest absolute Gasteiger partial charge is 0.171 e. The highest BCUT2D eigenvalue weighted by Crippen LogP contribution is 2.23. The molecule has 0 atom stereocenters. The highest BCUT2D eigenvalue weighted by Gasteiger charge is 2.14. The van der Waals surface area contributed by atoms with Crippen LogP contribution in [0.4, 0.5) is 5.82 Å². The van der Waals surface area contributed by atoms with Crippen molar-refractivity contribution in [3.05, 3.63) is 16.5 Å². The molecule has 1 aromatic heterocycles. The highest BCUT2D eigenvalue weighted by molar-refractivity contribution is 6.31. The normalized spacial score (nSPS) is 10.7. The molecule has 0 saturated heterocycles. The van der Waals surface area contributed by atoms with Crippen molar-refractivity contribution in [3.63, 3.8) is 0 Å². The zero-order valence-electron chi connectivity index (χ0n) is 12.0. The Balaban J connectivity index is 2.92. The van der Waals surface area contributed by atoms with E-state index in [2.05, 4.69) is 28.7 Å². The maximum Gasteiger partial charge on any atom is 0.171 e. The fraction of sp³-hybridized carbons (Fsp3) is 0.714. The summed E-state index contributed by atoms with van der Waals surface area (Å²) in [7, 11) is 0. The number of nitrogens with zero attached hydrogens (tertiary/aromatic N) is 3. The van der Waals surface area contributed by atoms with E-state index in [-0.39, 0.29) is 0 Å². The van der Waals surface area contributed by atoms with E-state index in [0.717, 1.165) is 43.1 Å². The molecule has 0 aromatic carbocycles. The summed E-state index contributed by atoms with van der Waals surface area (Å²) in [5, 5.41) is 0.533. The maximum atomic E-state index is 6.24. The van der Waals surface area contributed by atoms with Gasteiger partial charge in [-0.3, -0.25) is 0 Å². The molecule has 0 unspecified atom stereocenters. The molecule has 4 heteroatoms. The average molecular weight is 270 g/mol. The second kappa shape index (κ2) is 7.57. The number of aromatic nitrogens is 2. The summed E-state index contributed by atoms with van der Waals surface area (Å²) in [5.74, 6) is 0.849. The van der Waals surface area contributed by atoms with Crippen molar-refractivity contribution in [1.82, 2.24) is 9.97 Å². The first-order valence-electron chi connectivity index (χ1n) is 6.85. The molecule has 0 spiro atoms. The molecule has 0 saturated carbocycles. The van der Waals surface area contributed by atoms with Crippen LogP contribution in [0.1, 0.15) is 50.9 Å². The van der Waals surface area contributed by atoms with Crippen LogP contribution >= 0.6 is 11.6 Å². The van der Waals surface area contributed by atoms with Crippen LogP contribution in [0.3, 0.4) is 0 Å². The van der Waals surface area contributed by atoms with Gasteiger partial charge in [0.2, 0.25) is 0 Å². The molecule has 0 aliphatic heterocycles. The van der Waals surface area contributed by atoms with Crippen molar-refractivity contribution < 1.29 is 0 Å². The number of unbranched alkanes of at least 4 members (excludes halogenated alkanes) is 2. The molecule has 18 heavy (non-hydrogen) atoms. The summed E-state index contributed by atoms with van der Waals surface area (Å²) in [4.78, 5) is 11.3. The minimum Gasteiger partial charge on any atom is -0.354 e. The van der Waals surface area contributed by atoms with Gasteiger partial charge < -0.3 is 4.90 Å². The van der Waals surface area contributed by atoms with Crippen molar-refractivity contribution in [2.75, 3.05) is 18.0 Å². The lowest BCUT2D eigenvalue weighted by molar-refractivity contribution is 0.668. The van der Waals surface area contributed by atoms with E-state index >= 15 is 0 Å². The van der Waals surface area contributed by atoms with Gasteiger partial charge in [-0.05, 0) is 26.7 Å². The first-order valence-corrected chi connectivity index (χ1v) is 7.23. The number of anilines is 1. The molecular weight excluding hydrogens is 246 g/mol. The number of hydrogen-bond acceptors (Lipinski definition) is 3. The first-order chi connectivity index (χ1) is 8.60. The molecule has 102 valence electrons. The molecular formula is C14H24ClN3. The Hall–Kier alpha value is -0.830. The van der Waals surface area contributed by atoms with Gasteiger partial charge in [-0.25, -0.2) is 9.97 Å². The van der Waals surface area contributed by atoms with E-state index in [9.17, 15) is 0 Å². The van der Waals surface area contributed by atoms with Gasteiger partial charge in [0.25, 0.3) is 0 Å². The van der Waals surface area contributed by atoms with E-state index < -0.39 is 0 Å². The van der Waals surface area contributed by atoms with E-state index in [1.54, 1.807) is 0 Å². The summed E-state index contributed by atoms with van der Waals surface area (Å²) in [6.07, 6.45) is 4.68. The molecule has 0 aliphatic rings. The summed E-state index contributed by atoms with van der Waals surface area (Å²) in [6.45, 7) is 10.3. The molecule has 1 heterocycles. The van der Waals surface area contributed by atoms with Crippen molar-refractivity contribution in [3.8, 4) is 0 Å². The largest absolute Gasteiger partial charge is 0.354 e. The zero-order chi connectivity index (χ0) is 13.5. The van der Waals surface area contributed by atoms with Gasteiger partial charge in [0.1, 0.15) is 0 Å².